The molecule has 0 N–H and O–H groups in total. The molecule has 0 amide bonds. The molecule has 0 saturated heterocycles. The third-order valence-electron chi connectivity index (χ3n) is 5.13. The maximum absolute atomic E-state index is 16.0. The summed E-state index contributed by atoms with van der Waals surface area (Å²) in [5.41, 5.74) is 0.284. The van der Waals surface area contributed by atoms with Crippen LogP contribution in [0.25, 0.3) is 5.57 Å². The van der Waals surface area contributed by atoms with Crippen LogP contribution in [0.4, 0.5) is 13.2 Å². The van der Waals surface area contributed by atoms with E-state index < -0.39 is 17.3 Å². The summed E-state index contributed by atoms with van der Waals surface area (Å²) in [5.74, 6) is -0.952. The van der Waals surface area contributed by atoms with Crippen molar-refractivity contribution in [1.82, 2.24) is 0 Å². The minimum Gasteiger partial charge on any atom is -0.233 e. The average molecular weight is 370 g/mol. The Labute approximate surface area is 159 Å². The van der Waals surface area contributed by atoms with Gasteiger partial charge in [-0.05, 0) is 53.8 Å². The molecule has 0 radical (unpaired) electrons. The number of hydrogen-bond acceptors (Lipinski definition) is 0. The number of aryl methyl sites for hydroxylation is 1. The predicted octanol–water partition coefficient (Wildman–Crippen LogP) is 7.45. The third kappa shape index (κ3) is 4.52. The summed E-state index contributed by atoms with van der Waals surface area (Å²) in [6.07, 6.45) is 7.86. The van der Waals surface area contributed by atoms with Gasteiger partial charge in [0.1, 0.15) is 11.6 Å². The second kappa shape index (κ2) is 8.60. The Kier molecular flexibility index (Phi) is 6.20. The fraction of sp³-hybridized carbons (Fsp3) is 0.333. The first kappa shape index (κ1) is 19.5. The maximum Gasteiger partial charge on any atom is 0.165 e. The Balaban J connectivity index is 1.93. The van der Waals surface area contributed by atoms with Crippen LogP contribution in [0.5, 0.6) is 0 Å². The molecule has 0 saturated carbocycles. The van der Waals surface area contributed by atoms with Crippen molar-refractivity contribution in [3.63, 3.8) is 0 Å². The average Bonchev–Trinajstić information content (AvgIpc) is 2.67. The monoisotopic (exact) mass is 370 g/mol. The van der Waals surface area contributed by atoms with Crippen LogP contribution < -0.4 is 0 Å². The van der Waals surface area contributed by atoms with Gasteiger partial charge in [0, 0.05) is 12.0 Å². The Bertz CT molecular complexity index is 850. The summed E-state index contributed by atoms with van der Waals surface area (Å²) in [7, 11) is 0. The van der Waals surface area contributed by atoms with Gasteiger partial charge in [-0.3, -0.25) is 0 Å². The van der Waals surface area contributed by atoms with Crippen molar-refractivity contribution in [3.05, 3.63) is 89.0 Å². The largest absolute Gasteiger partial charge is 0.233 e. The van der Waals surface area contributed by atoms with Gasteiger partial charge in [-0.15, -0.1) is 0 Å². The lowest BCUT2D eigenvalue weighted by Crippen LogP contribution is -2.24. The van der Waals surface area contributed by atoms with Crippen molar-refractivity contribution >= 4 is 5.57 Å². The van der Waals surface area contributed by atoms with Gasteiger partial charge < -0.3 is 0 Å². The Morgan fingerprint density at radius 2 is 1.78 bits per heavy atom. The van der Waals surface area contributed by atoms with Gasteiger partial charge in [-0.2, -0.15) is 0 Å². The highest BCUT2D eigenvalue weighted by atomic mass is 19.1. The van der Waals surface area contributed by atoms with Gasteiger partial charge in [0.15, 0.2) is 5.67 Å². The fourth-order valence-corrected chi connectivity index (χ4v) is 3.63. The van der Waals surface area contributed by atoms with Gasteiger partial charge in [0.05, 0.1) is 0 Å². The second-order valence-electron chi connectivity index (χ2n) is 7.17. The van der Waals surface area contributed by atoms with Crippen LogP contribution in [0.1, 0.15) is 55.7 Å². The maximum atomic E-state index is 16.0. The van der Waals surface area contributed by atoms with Crippen molar-refractivity contribution in [3.8, 4) is 0 Å². The van der Waals surface area contributed by atoms with E-state index in [-0.39, 0.29) is 17.6 Å². The number of allylic oxidation sites excluding steroid dienone is 4. The van der Waals surface area contributed by atoms with E-state index in [4.69, 9.17) is 0 Å². The molecule has 0 spiro atoms. The molecule has 0 heterocycles. The first-order valence-corrected chi connectivity index (χ1v) is 9.65. The molecular weight excluding hydrogens is 345 g/mol. The molecule has 1 unspecified atom stereocenters. The molecule has 0 fully saturated rings. The van der Waals surface area contributed by atoms with Crippen LogP contribution >= 0.6 is 0 Å². The molecule has 3 rings (SSSR count). The van der Waals surface area contributed by atoms with Crippen LogP contribution in [0.2, 0.25) is 0 Å². The van der Waals surface area contributed by atoms with Crippen LogP contribution in [0, 0.1) is 5.82 Å². The smallest absolute Gasteiger partial charge is 0.165 e. The van der Waals surface area contributed by atoms with Crippen molar-refractivity contribution < 1.29 is 13.2 Å². The van der Waals surface area contributed by atoms with E-state index in [2.05, 4.69) is 6.92 Å². The van der Waals surface area contributed by atoms with Crippen molar-refractivity contribution in [1.29, 1.82) is 0 Å². The van der Waals surface area contributed by atoms with Crippen molar-refractivity contribution in [2.75, 3.05) is 0 Å². The van der Waals surface area contributed by atoms with Crippen LogP contribution in [-0.4, -0.2) is 0 Å². The Hall–Kier alpha value is -2.29. The number of rotatable bonds is 7. The van der Waals surface area contributed by atoms with E-state index in [9.17, 15) is 8.78 Å². The molecule has 0 aromatic heterocycles. The van der Waals surface area contributed by atoms with Crippen LogP contribution in [0.3, 0.4) is 0 Å². The lowest BCUT2D eigenvalue weighted by molar-refractivity contribution is 0.246. The molecule has 1 atom stereocenters. The summed E-state index contributed by atoms with van der Waals surface area (Å²) in [5, 5.41) is 0. The minimum absolute atomic E-state index is 0.144. The first-order valence-electron chi connectivity index (χ1n) is 9.65. The number of halogens is 3. The Morgan fingerprint density at radius 1 is 0.963 bits per heavy atom. The molecule has 0 nitrogen and oxygen atoms in total. The predicted molar refractivity (Wildman–Crippen MR) is 105 cm³/mol. The van der Waals surface area contributed by atoms with E-state index in [1.54, 1.807) is 12.1 Å². The van der Waals surface area contributed by atoms with Gasteiger partial charge in [-0.25, -0.2) is 13.2 Å². The zero-order chi connectivity index (χ0) is 19.3. The first-order chi connectivity index (χ1) is 13.0. The molecule has 1 aliphatic rings. The summed E-state index contributed by atoms with van der Waals surface area (Å²) in [6.45, 7) is 2.17. The molecule has 3 heteroatoms. The molecule has 2 aromatic rings. The lowest BCUT2D eigenvalue weighted by atomic mass is 9.78. The van der Waals surface area contributed by atoms with E-state index in [1.165, 1.54) is 43.2 Å². The summed E-state index contributed by atoms with van der Waals surface area (Å²) < 4.78 is 43.7. The summed E-state index contributed by atoms with van der Waals surface area (Å²) in [6, 6.07) is 13.2. The van der Waals surface area contributed by atoms with Crippen molar-refractivity contribution in [2.45, 2.75) is 51.1 Å². The molecule has 1 aliphatic carbocycles. The van der Waals surface area contributed by atoms with E-state index in [1.807, 2.05) is 18.2 Å². The molecular formula is C24H25F3. The van der Waals surface area contributed by atoms with E-state index >= 15 is 4.39 Å². The zero-order valence-corrected chi connectivity index (χ0v) is 15.7. The molecule has 0 aliphatic heterocycles. The summed E-state index contributed by atoms with van der Waals surface area (Å²) in [4.78, 5) is 0. The fourth-order valence-electron chi connectivity index (χ4n) is 3.63. The van der Waals surface area contributed by atoms with Crippen LogP contribution in [0.15, 0.2) is 66.5 Å². The quantitative estimate of drug-likeness (QED) is 0.444. The normalized spacial score (nSPS) is 19.6. The molecule has 2 aromatic carbocycles. The second-order valence-corrected chi connectivity index (χ2v) is 7.17. The van der Waals surface area contributed by atoms with Gasteiger partial charge in [0.25, 0.3) is 0 Å². The van der Waals surface area contributed by atoms with Gasteiger partial charge >= 0.3 is 0 Å². The highest BCUT2D eigenvalue weighted by Crippen LogP contribution is 2.46. The van der Waals surface area contributed by atoms with Gasteiger partial charge in [-0.1, -0.05) is 62.6 Å². The van der Waals surface area contributed by atoms with E-state index in [0.717, 1.165) is 24.8 Å². The highest BCUT2D eigenvalue weighted by molar-refractivity contribution is 5.77. The van der Waals surface area contributed by atoms with Crippen molar-refractivity contribution in [2.24, 2.45) is 0 Å². The zero-order valence-electron chi connectivity index (χ0n) is 15.7. The van der Waals surface area contributed by atoms with E-state index in [0.29, 0.717) is 5.56 Å². The topological polar surface area (TPSA) is 0 Å². The molecule has 27 heavy (non-hydrogen) atoms. The molecule has 142 valence electrons. The van der Waals surface area contributed by atoms with Crippen LogP contribution in [-0.2, 0) is 12.1 Å². The summed E-state index contributed by atoms with van der Waals surface area (Å²) >= 11 is 0. The van der Waals surface area contributed by atoms with Gasteiger partial charge in [0.2, 0.25) is 0 Å². The third-order valence-corrected chi connectivity index (χ3v) is 5.13. The number of unbranched alkanes of at least 4 members (excludes halogenated alkanes) is 3. The SMILES string of the molecule is CCCCCCc1cccc(C2=CC(F)=CCC2(F)c2cccc(F)c2)c1. The minimum atomic E-state index is -1.95. The lowest BCUT2D eigenvalue weighted by Gasteiger charge is -2.31. The number of benzene rings is 2. The highest BCUT2D eigenvalue weighted by Gasteiger charge is 2.39. The molecule has 0 bridgehead atoms. The number of hydrogen-bond donors (Lipinski definition) is 0. The standard InChI is InChI=1S/C24H25F3/c1-2-3-4-5-8-18-9-6-10-19(15-18)23-17-22(26)13-14-24(23,27)20-11-7-12-21(25)16-20/h6-7,9-13,15-17H,2-5,8,14H2,1H3. The Morgan fingerprint density at radius 3 is 2.56 bits per heavy atom. The number of alkyl halides is 1.